The smallest absolute Gasteiger partial charge is 0.251 e. The van der Waals surface area contributed by atoms with Gasteiger partial charge < -0.3 is 9.88 Å². The summed E-state index contributed by atoms with van der Waals surface area (Å²) in [6, 6.07) is 10.4. The Hall–Kier alpha value is -1.49. The Bertz CT molecular complexity index is 958. The Balaban J connectivity index is 1.80. The minimum absolute atomic E-state index is 0.00815. The van der Waals surface area contributed by atoms with Gasteiger partial charge in [-0.1, -0.05) is 63.4 Å². The summed E-state index contributed by atoms with van der Waals surface area (Å²) in [5.74, 6) is 1.62. The highest BCUT2D eigenvalue weighted by molar-refractivity contribution is 7.99. The number of pyridine rings is 1. The molecule has 1 aromatic carbocycles. The average molecular weight is 473 g/mol. The van der Waals surface area contributed by atoms with E-state index in [9.17, 15) is 4.79 Å². The van der Waals surface area contributed by atoms with Gasteiger partial charge in [0.2, 0.25) is 0 Å². The molecule has 0 atom stereocenters. The third-order valence-electron chi connectivity index (χ3n) is 6.48. The molecule has 32 heavy (non-hydrogen) atoms. The van der Waals surface area contributed by atoms with Crippen LogP contribution < -0.4 is 5.56 Å². The van der Waals surface area contributed by atoms with E-state index >= 15 is 0 Å². The normalized spacial score (nSPS) is 15.1. The molecule has 0 bridgehead atoms. The van der Waals surface area contributed by atoms with Crippen molar-refractivity contribution in [3.63, 3.8) is 0 Å². The Morgan fingerprint density at radius 3 is 2.53 bits per heavy atom. The number of halogens is 1. The zero-order valence-corrected chi connectivity index (χ0v) is 21.3. The second-order valence-corrected chi connectivity index (χ2v) is 10.1. The van der Waals surface area contributed by atoms with Crippen LogP contribution in [0.2, 0.25) is 5.02 Å². The number of aryl methyl sites for hydroxylation is 1. The van der Waals surface area contributed by atoms with Crippen LogP contribution in [0.4, 0.5) is 0 Å². The van der Waals surface area contributed by atoms with Gasteiger partial charge in [0.15, 0.2) is 0 Å². The van der Waals surface area contributed by atoms with Gasteiger partial charge in [0.25, 0.3) is 5.56 Å². The molecule has 0 saturated heterocycles. The predicted molar refractivity (Wildman–Crippen MR) is 140 cm³/mol. The van der Waals surface area contributed by atoms with E-state index in [1.165, 1.54) is 25.7 Å². The van der Waals surface area contributed by atoms with Gasteiger partial charge in [-0.3, -0.25) is 4.79 Å². The highest BCUT2D eigenvalue weighted by Gasteiger charge is 2.17. The summed E-state index contributed by atoms with van der Waals surface area (Å²) in [5.41, 5.74) is 3.89. The Morgan fingerprint density at radius 2 is 1.91 bits per heavy atom. The first-order valence-electron chi connectivity index (χ1n) is 12.1. The Morgan fingerprint density at radius 1 is 1.16 bits per heavy atom. The molecule has 1 aliphatic carbocycles. The van der Waals surface area contributed by atoms with Crippen LogP contribution in [-0.4, -0.2) is 35.3 Å². The number of benzene rings is 1. The van der Waals surface area contributed by atoms with Crippen molar-refractivity contribution in [2.75, 3.05) is 25.4 Å². The van der Waals surface area contributed by atoms with Crippen LogP contribution in [-0.2, 0) is 6.42 Å². The van der Waals surface area contributed by atoms with Gasteiger partial charge in [0.1, 0.15) is 0 Å². The predicted octanol–water partition coefficient (Wildman–Crippen LogP) is 7.04. The highest BCUT2D eigenvalue weighted by Crippen LogP contribution is 2.35. The van der Waals surface area contributed by atoms with Gasteiger partial charge in [-0.2, -0.15) is 0 Å². The van der Waals surface area contributed by atoms with Crippen molar-refractivity contribution in [2.24, 2.45) is 5.92 Å². The van der Waals surface area contributed by atoms with Gasteiger partial charge >= 0.3 is 0 Å². The van der Waals surface area contributed by atoms with Crippen LogP contribution in [0, 0.1) is 5.92 Å². The van der Waals surface area contributed by atoms with Crippen molar-refractivity contribution in [3.8, 4) is 0 Å². The number of nitrogens with zero attached hydrogens (tertiary/aromatic N) is 1. The Labute approximate surface area is 202 Å². The van der Waals surface area contributed by atoms with Crippen molar-refractivity contribution in [1.29, 1.82) is 0 Å². The molecule has 2 aromatic rings. The molecular formula is C27H37ClN2OS. The maximum absolute atomic E-state index is 12.5. The molecule has 3 rings (SSSR count). The second kappa shape index (κ2) is 12.7. The van der Waals surface area contributed by atoms with Crippen LogP contribution in [0.25, 0.3) is 5.57 Å². The van der Waals surface area contributed by atoms with Crippen molar-refractivity contribution >= 4 is 28.9 Å². The fourth-order valence-electron chi connectivity index (χ4n) is 4.44. The molecule has 0 aliphatic heterocycles. The van der Waals surface area contributed by atoms with Gasteiger partial charge in [0, 0.05) is 21.7 Å². The molecule has 0 unspecified atom stereocenters. The minimum Gasteiger partial charge on any atom is -0.322 e. The lowest BCUT2D eigenvalue weighted by molar-refractivity contribution is 0.305. The molecule has 0 amide bonds. The molecule has 1 aliphatic rings. The molecule has 0 spiro atoms. The van der Waals surface area contributed by atoms with E-state index in [-0.39, 0.29) is 5.56 Å². The molecular weight excluding hydrogens is 436 g/mol. The van der Waals surface area contributed by atoms with E-state index < -0.39 is 0 Å². The molecule has 5 heteroatoms. The lowest BCUT2D eigenvalue weighted by Gasteiger charge is -2.17. The van der Waals surface area contributed by atoms with Crippen LogP contribution in [0.3, 0.4) is 0 Å². The first-order chi connectivity index (χ1) is 15.5. The Kier molecular flexibility index (Phi) is 9.95. The molecule has 1 aromatic heterocycles. The number of H-pyrrole nitrogens is 1. The number of hydrogen-bond donors (Lipinski definition) is 1. The molecule has 1 N–H and O–H groups in total. The lowest BCUT2D eigenvalue weighted by Crippen LogP contribution is -2.24. The summed E-state index contributed by atoms with van der Waals surface area (Å²) in [6.45, 7) is 9.78. The first-order valence-corrected chi connectivity index (χ1v) is 13.5. The largest absolute Gasteiger partial charge is 0.322 e. The second-order valence-electron chi connectivity index (χ2n) is 8.58. The van der Waals surface area contributed by atoms with Gasteiger partial charge in [0.05, 0.1) is 5.02 Å². The first kappa shape index (κ1) is 25.1. The van der Waals surface area contributed by atoms with Gasteiger partial charge in [-0.15, -0.1) is 11.8 Å². The number of rotatable bonds is 11. The van der Waals surface area contributed by atoms with Crippen molar-refractivity contribution < 1.29 is 0 Å². The number of allylic oxidation sites excluding steroid dienone is 1. The van der Waals surface area contributed by atoms with E-state index in [4.69, 9.17) is 11.6 Å². The molecule has 174 valence electrons. The quantitative estimate of drug-likeness (QED) is 0.281. The van der Waals surface area contributed by atoms with E-state index in [1.54, 1.807) is 0 Å². The third kappa shape index (κ3) is 6.76. The summed E-state index contributed by atoms with van der Waals surface area (Å²) in [5, 5.41) is 0.792. The fraction of sp³-hybridized carbons (Fsp3) is 0.519. The van der Waals surface area contributed by atoms with Crippen LogP contribution >= 0.6 is 23.4 Å². The van der Waals surface area contributed by atoms with E-state index in [1.807, 2.05) is 30.8 Å². The minimum atomic E-state index is 0.00815. The summed E-state index contributed by atoms with van der Waals surface area (Å²) in [7, 11) is 0. The SMILES string of the molecule is CCc1ccc(C(=CC2CCCC2)c2ccc(SCCCN(CC)CC)c(Cl)c2)[nH]c1=O. The molecule has 1 fully saturated rings. The van der Waals surface area contributed by atoms with Gasteiger partial charge in [-0.25, -0.2) is 0 Å². The summed E-state index contributed by atoms with van der Waals surface area (Å²) >= 11 is 8.55. The maximum atomic E-state index is 12.5. The van der Waals surface area contributed by atoms with Crippen LogP contribution in [0.1, 0.15) is 69.7 Å². The highest BCUT2D eigenvalue weighted by atomic mass is 35.5. The van der Waals surface area contributed by atoms with Crippen molar-refractivity contribution in [2.45, 2.75) is 64.2 Å². The third-order valence-corrected chi connectivity index (χ3v) is 8.06. The zero-order chi connectivity index (χ0) is 22.9. The number of hydrogen-bond acceptors (Lipinski definition) is 3. The topological polar surface area (TPSA) is 36.1 Å². The fourth-order valence-corrected chi connectivity index (χ4v) is 5.63. The standard InChI is InChI=1S/C27H37ClN2OS/c1-4-21-12-14-25(29-27(21)31)23(18-20-10-7-8-11-20)22-13-15-26(24(28)19-22)32-17-9-16-30(5-2)6-3/h12-15,18-20H,4-11,16-17H2,1-3H3,(H,29,31). The van der Waals surface area contributed by atoms with E-state index in [2.05, 4.69) is 48.0 Å². The molecule has 1 heterocycles. The maximum Gasteiger partial charge on any atom is 0.251 e. The number of nitrogens with one attached hydrogen (secondary N) is 1. The lowest BCUT2D eigenvalue weighted by atomic mass is 9.95. The summed E-state index contributed by atoms with van der Waals surface area (Å²) in [6.07, 6.45) is 9.25. The summed E-state index contributed by atoms with van der Waals surface area (Å²) in [4.78, 5) is 19.2. The van der Waals surface area contributed by atoms with Crippen molar-refractivity contribution in [3.05, 3.63) is 68.6 Å². The van der Waals surface area contributed by atoms with E-state index in [0.29, 0.717) is 5.92 Å². The number of thioether (sulfide) groups is 1. The molecule has 1 saturated carbocycles. The summed E-state index contributed by atoms with van der Waals surface area (Å²) < 4.78 is 0. The molecule has 3 nitrogen and oxygen atoms in total. The van der Waals surface area contributed by atoms with Crippen molar-refractivity contribution in [1.82, 2.24) is 9.88 Å². The molecule has 0 radical (unpaired) electrons. The van der Waals surface area contributed by atoms with Crippen LogP contribution in [0.5, 0.6) is 0 Å². The van der Waals surface area contributed by atoms with Gasteiger partial charge in [-0.05, 0) is 80.8 Å². The van der Waals surface area contributed by atoms with E-state index in [0.717, 1.165) is 70.5 Å². The number of aromatic nitrogens is 1. The zero-order valence-electron chi connectivity index (χ0n) is 19.8. The average Bonchev–Trinajstić information content (AvgIpc) is 3.32. The monoisotopic (exact) mass is 472 g/mol. The van der Waals surface area contributed by atoms with Crippen LogP contribution in [0.15, 0.2) is 46.1 Å². The number of aromatic amines is 1.